The van der Waals surface area contributed by atoms with Crippen LogP contribution >= 0.6 is 0 Å². The maximum atomic E-state index is 9.43. The van der Waals surface area contributed by atoms with Gasteiger partial charge in [0.25, 0.3) is 0 Å². The summed E-state index contributed by atoms with van der Waals surface area (Å²) in [5.74, 6) is 0.259. The van der Waals surface area contributed by atoms with E-state index in [0.717, 1.165) is 0 Å². The molecule has 0 aromatic rings. The standard InChI is InChI=1S/C13H20O2/c1-12(2)13(14)10-8-6-4-5-7-9-11-15-3/h4-14H,1-3H3/b6-4+,7-5+,10-8+,11-9+. The largest absolute Gasteiger partial charge is 0.504 e. The lowest BCUT2D eigenvalue weighted by Gasteiger charge is -2.07. The minimum Gasteiger partial charge on any atom is -0.504 e. The fourth-order valence-electron chi connectivity index (χ4n) is 0.781. The fraction of sp³-hybridized carbons (Fsp3) is 0.385. The van der Waals surface area contributed by atoms with Gasteiger partial charge in [0.2, 0.25) is 0 Å². The topological polar surface area (TPSA) is 29.5 Å². The molecule has 0 heterocycles. The molecule has 0 saturated heterocycles. The first-order valence-electron chi connectivity index (χ1n) is 5.06. The Balaban J connectivity index is 3.80. The highest BCUT2D eigenvalue weighted by atomic mass is 16.5. The van der Waals surface area contributed by atoms with Gasteiger partial charge in [-0.2, -0.15) is 0 Å². The SMILES string of the molecule is CO/C=C/C=C/C=C/C=C/C(O)C(C)C. The van der Waals surface area contributed by atoms with E-state index in [9.17, 15) is 5.11 Å². The Labute approximate surface area is 92.3 Å². The first-order valence-corrected chi connectivity index (χ1v) is 5.06. The van der Waals surface area contributed by atoms with E-state index in [1.54, 1.807) is 25.5 Å². The second-order valence-corrected chi connectivity index (χ2v) is 3.45. The summed E-state index contributed by atoms with van der Waals surface area (Å²) in [7, 11) is 1.61. The van der Waals surface area contributed by atoms with E-state index in [2.05, 4.69) is 0 Å². The summed E-state index contributed by atoms with van der Waals surface area (Å²) in [6.07, 6.45) is 14.2. The minimum absolute atomic E-state index is 0.259. The van der Waals surface area contributed by atoms with Gasteiger partial charge in [-0.25, -0.2) is 0 Å². The summed E-state index contributed by atoms with van der Waals surface area (Å²) in [4.78, 5) is 0. The highest BCUT2D eigenvalue weighted by Crippen LogP contribution is 2.01. The molecule has 1 atom stereocenters. The molecule has 0 aliphatic carbocycles. The molecule has 0 saturated carbocycles. The molecule has 15 heavy (non-hydrogen) atoms. The van der Waals surface area contributed by atoms with Gasteiger partial charge in [-0.1, -0.05) is 50.3 Å². The zero-order chi connectivity index (χ0) is 11.5. The molecule has 0 aliphatic heterocycles. The third-order valence-electron chi connectivity index (χ3n) is 1.76. The van der Waals surface area contributed by atoms with Crippen LogP contribution in [0.1, 0.15) is 13.8 Å². The molecule has 2 nitrogen and oxygen atoms in total. The van der Waals surface area contributed by atoms with Gasteiger partial charge in [-0.3, -0.25) is 0 Å². The molecule has 0 spiro atoms. The van der Waals surface area contributed by atoms with Gasteiger partial charge < -0.3 is 9.84 Å². The number of hydrogen-bond acceptors (Lipinski definition) is 2. The molecule has 0 aromatic carbocycles. The minimum atomic E-state index is -0.369. The zero-order valence-corrected chi connectivity index (χ0v) is 9.63. The van der Waals surface area contributed by atoms with Gasteiger partial charge >= 0.3 is 0 Å². The van der Waals surface area contributed by atoms with Gasteiger partial charge in [0.1, 0.15) is 0 Å². The Hall–Kier alpha value is -1.28. The summed E-state index contributed by atoms with van der Waals surface area (Å²) >= 11 is 0. The molecule has 0 fully saturated rings. The van der Waals surface area contributed by atoms with Crippen LogP contribution in [0.5, 0.6) is 0 Å². The molecule has 0 aliphatic rings. The molecule has 0 amide bonds. The number of aliphatic hydroxyl groups excluding tert-OH is 1. The van der Waals surface area contributed by atoms with Gasteiger partial charge in [0.05, 0.1) is 19.5 Å². The third kappa shape index (κ3) is 9.03. The van der Waals surface area contributed by atoms with Gasteiger partial charge in [-0.15, -0.1) is 0 Å². The smallest absolute Gasteiger partial charge is 0.0824 e. The Morgan fingerprint density at radius 2 is 1.47 bits per heavy atom. The van der Waals surface area contributed by atoms with Crippen molar-refractivity contribution >= 4 is 0 Å². The van der Waals surface area contributed by atoms with Crippen LogP contribution in [0, 0.1) is 5.92 Å². The van der Waals surface area contributed by atoms with Crippen molar-refractivity contribution in [3.8, 4) is 0 Å². The first kappa shape index (κ1) is 13.7. The van der Waals surface area contributed by atoms with Crippen LogP contribution < -0.4 is 0 Å². The van der Waals surface area contributed by atoms with Gasteiger partial charge in [0, 0.05) is 0 Å². The molecule has 84 valence electrons. The number of hydrogen-bond donors (Lipinski definition) is 1. The van der Waals surface area contributed by atoms with E-state index in [1.165, 1.54) is 0 Å². The lowest BCUT2D eigenvalue weighted by molar-refractivity contribution is 0.172. The number of aliphatic hydroxyl groups is 1. The van der Waals surface area contributed by atoms with Crippen molar-refractivity contribution < 1.29 is 9.84 Å². The van der Waals surface area contributed by atoms with E-state index in [4.69, 9.17) is 4.74 Å². The maximum Gasteiger partial charge on any atom is 0.0824 e. The first-order chi connectivity index (χ1) is 7.18. The van der Waals surface area contributed by atoms with Gasteiger partial charge in [-0.05, 0) is 12.0 Å². The highest BCUT2D eigenvalue weighted by molar-refractivity contribution is 5.15. The quantitative estimate of drug-likeness (QED) is 0.537. The second-order valence-electron chi connectivity index (χ2n) is 3.45. The predicted molar refractivity (Wildman–Crippen MR) is 64.4 cm³/mol. The maximum absolute atomic E-state index is 9.43. The molecular formula is C13H20O2. The second kappa shape index (κ2) is 9.28. The van der Waals surface area contributed by atoms with Crippen molar-refractivity contribution in [2.75, 3.05) is 7.11 Å². The molecular weight excluding hydrogens is 188 g/mol. The average Bonchev–Trinajstić information content (AvgIpc) is 2.21. The molecule has 0 radical (unpaired) electrons. The van der Waals surface area contributed by atoms with Gasteiger partial charge in [0.15, 0.2) is 0 Å². The van der Waals surface area contributed by atoms with Crippen LogP contribution in [0.4, 0.5) is 0 Å². The molecule has 0 bridgehead atoms. The summed E-state index contributed by atoms with van der Waals surface area (Å²) in [6.45, 7) is 3.96. The van der Waals surface area contributed by atoms with Crippen molar-refractivity contribution in [1.29, 1.82) is 0 Å². The van der Waals surface area contributed by atoms with Crippen LogP contribution in [0.25, 0.3) is 0 Å². The highest BCUT2D eigenvalue weighted by Gasteiger charge is 2.01. The molecule has 1 unspecified atom stereocenters. The summed E-state index contributed by atoms with van der Waals surface area (Å²) in [6, 6.07) is 0. The van der Waals surface area contributed by atoms with Crippen LogP contribution in [0.3, 0.4) is 0 Å². The number of methoxy groups -OCH3 is 1. The number of allylic oxidation sites excluding steroid dienone is 6. The van der Waals surface area contributed by atoms with E-state index < -0.39 is 0 Å². The van der Waals surface area contributed by atoms with Crippen molar-refractivity contribution in [2.45, 2.75) is 20.0 Å². The van der Waals surface area contributed by atoms with Crippen molar-refractivity contribution in [3.63, 3.8) is 0 Å². The third-order valence-corrected chi connectivity index (χ3v) is 1.76. The molecule has 0 aromatic heterocycles. The Morgan fingerprint density at radius 1 is 0.933 bits per heavy atom. The Bertz CT molecular complexity index is 247. The van der Waals surface area contributed by atoms with E-state index >= 15 is 0 Å². The molecule has 2 heteroatoms. The van der Waals surface area contributed by atoms with E-state index in [-0.39, 0.29) is 12.0 Å². The van der Waals surface area contributed by atoms with E-state index in [1.807, 2.05) is 44.2 Å². The average molecular weight is 208 g/mol. The van der Waals surface area contributed by atoms with Crippen molar-refractivity contribution in [1.82, 2.24) is 0 Å². The normalized spacial score (nSPS) is 15.3. The summed E-state index contributed by atoms with van der Waals surface area (Å²) in [5.41, 5.74) is 0. The number of ether oxygens (including phenoxy) is 1. The zero-order valence-electron chi connectivity index (χ0n) is 9.63. The van der Waals surface area contributed by atoms with Crippen LogP contribution in [-0.4, -0.2) is 18.3 Å². The Morgan fingerprint density at radius 3 is 2.00 bits per heavy atom. The molecule has 0 rings (SSSR count). The number of rotatable bonds is 6. The Kier molecular flexibility index (Phi) is 8.49. The van der Waals surface area contributed by atoms with Crippen LogP contribution in [-0.2, 0) is 4.74 Å². The lowest BCUT2D eigenvalue weighted by Crippen LogP contribution is -2.10. The predicted octanol–water partition coefficient (Wildman–Crippen LogP) is 2.83. The summed E-state index contributed by atoms with van der Waals surface area (Å²) in [5, 5.41) is 9.43. The fourth-order valence-corrected chi connectivity index (χ4v) is 0.781. The van der Waals surface area contributed by atoms with Crippen LogP contribution in [0.2, 0.25) is 0 Å². The van der Waals surface area contributed by atoms with E-state index in [0.29, 0.717) is 0 Å². The van der Waals surface area contributed by atoms with Crippen molar-refractivity contribution in [3.05, 3.63) is 48.8 Å². The van der Waals surface area contributed by atoms with Crippen LogP contribution in [0.15, 0.2) is 48.8 Å². The lowest BCUT2D eigenvalue weighted by atomic mass is 10.1. The monoisotopic (exact) mass is 208 g/mol. The van der Waals surface area contributed by atoms with Crippen molar-refractivity contribution in [2.24, 2.45) is 5.92 Å². The molecule has 1 N–H and O–H groups in total. The summed E-state index contributed by atoms with van der Waals surface area (Å²) < 4.78 is 4.72.